The fourth-order valence-corrected chi connectivity index (χ4v) is 3.24. The summed E-state index contributed by atoms with van der Waals surface area (Å²) in [6.45, 7) is -0.508. The molecule has 0 aliphatic carbocycles. The fourth-order valence-electron chi connectivity index (χ4n) is 3.07. The van der Waals surface area contributed by atoms with Crippen molar-refractivity contribution in [2.24, 2.45) is 0 Å². The van der Waals surface area contributed by atoms with E-state index >= 15 is 0 Å². The van der Waals surface area contributed by atoms with E-state index in [2.05, 4.69) is 5.32 Å². The molecule has 1 aromatic heterocycles. The van der Waals surface area contributed by atoms with Crippen molar-refractivity contribution >= 4 is 45.9 Å². The summed E-state index contributed by atoms with van der Waals surface area (Å²) in [5, 5.41) is 3.35. The Balaban J connectivity index is 1.48. The molecule has 0 atom stereocenters. The number of ketones is 1. The fraction of sp³-hybridized carbons (Fsp3) is 0.143. The van der Waals surface area contributed by atoms with Crippen LogP contribution in [0.5, 0.6) is 0 Å². The molecule has 29 heavy (non-hydrogen) atoms. The molecule has 146 valence electrons. The standard InChI is InChI=1S/C21H14ClNO6/c22-13-3-5-18-14(8-13)16(24)9-19(29-18)21(27)28-10-17(25)12-1-4-15-11(7-12)2-6-20(26)23-15/h1,3-5,7-9H,2,6,10H2,(H,23,26). The van der Waals surface area contributed by atoms with Crippen LogP contribution in [0.3, 0.4) is 0 Å². The number of Topliss-reactive ketones (excluding diaryl/α,β-unsaturated/α-hetero) is 1. The summed E-state index contributed by atoms with van der Waals surface area (Å²) in [6, 6.07) is 10.3. The predicted octanol–water partition coefficient (Wildman–Crippen LogP) is 3.37. The Hall–Kier alpha value is -3.45. The van der Waals surface area contributed by atoms with Crippen LogP contribution >= 0.6 is 11.6 Å². The molecule has 8 heteroatoms. The Morgan fingerprint density at radius 1 is 1.07 bits per heavy atom. The van der Waals surface area contributed by atoms with E-state index in [1.165, 1.54) is 18.2 Å². The zero-order chi connectivity index (χ0) is 20.5. The van der Waals surface area contributed by atoms with Gasteiger partial charge in [-0.3, -0.25) is 14.4 Å². The van der Waals surface area contributed by atoms with Gasteiger partial charge in [0.1, 0.15) is 5.58 Å². The smallest absolute Gasteiger partial charge is 0.374 e. The zero-order valence-corrected chi connectivity index (χ0v) is 15.7. The minimum Gasteiger partial charge on any atom is -0.451 e. The van der Waals surface area contributed by atoms with Crippen molar-refractivity contribution in [1.82, 2.24) is 0 Å². The number of amides is 1. The average Bonchev–Trinajstić information content (AvgIpc) is 2.71. The minimum atomic E-state index is -0.919. The Morgan fingerprint density at radius 3 is 2.72 bits per heavy atom. The van der Waals surface area contributed by atoms with E-state index in [4.69, 9.17) is 20.8 Å². The normalized spacial score (nSPS) is 12.9. The van der Waals surface area contributed by atoms with Gasteiger partial charge in [-0.15, -0.1) is 0 Å². The van der Waals surface area contributed by atoms with E-state index < -0.39 is 23.8 Å². The van der Waals surface area contributed by atoms with Gasteiger partial charge in [0, 0.05) is 28.8 Å². The Kier molecular flexibility index (Phi) is 4.90. The highest BCUT2D eigenvalue weighted by Gasteiger charge is 2.19. The lowest BCUT2D eigenvalue weighted by atomic mass is 9.99. The number of rotatable bonds is 4. The van der Waals surface area contributed by atoms with Crippen LogP contribution in [-0.4, -0.2) is 24.3 Å². The number of carbonyl (C=O) groups is 3. The van der Waals surface area contributed by atoms with Crippen molar-refractivity contribution in [3.8, 4) is 0 Å². The number of hydrogen-bond donors (Lipinski definition) is 1. The third kappa shape index (κ3) is 3.90. The van der Waals surface area contributed by atoms with Crippen LogP contribution < -0.4 is 10.7 Å². The molecule has 0 fully saturated rings. The SMILES string of the molecule is O=C1CCc2cc(C(=O)COC(=O)c3cc(=O)c4cc(Cl)ccc4o3)ccc2N1. The molecule has 2 aromatic carbocycles. The average molecular weight is 412 g/mol. The third-order valence-electron chi connectivity index (χ3n) is 4.55. The van der Waals surface area contributed by atoms with Crippen molar-refractivity contribution in [2.75, 3.05) is 11.9 Å². The van der Waals surface area contributed by atoms with Crippen LogP contribution in [-0.2, 0) is 16.0 Å². The molecule has 7 nitrogen and oxygen atoms in total. The maximum absolute atomic E-state index is 12.4. The lowest BCUT2D eigenvalue weighted by Crippen LogP contribution is -2.20. The highest BCUT2D eigenvalue weighted by molar-refractivity contribution is 6.31. The Bertz CT molecular complexity index is 1230. The van der Waals surface area contributed by atoms with E-state index in [9.17, 15) is 19.2 Å². The number of hydrogen-bond acceptors (Lipinski definition) is 6. The second-order valence-electron chi connectivity index (χ2n) is 6.53. The molecule has 1 aliphatic heterocycles. The molecule has 0 spiro atoms. The van der Waals surface area contributed by atoms with Crippen LogP contribution in [0.4, 0.5) is 5.69 Å². The molecular formula is C21H14ClNO6. The Morgan fingerprint density at radius 2 is 1.90 bits per heavy atom. The molecule has 3 aromatic rings. The molecule has 1 N–H and O–H groups in total. The van der Waals surface area contributed by atoms with Crippen molar-refractivity contribution in [1.29, 1.82) is 0 Å². The van der Waals surface area contributed by atoms with Crippen LogP contribution in [0, 0.1) is 0 Å². The molecule has 1 amide bonds. The largest absolute Gasteiger partial charge is 0.451 e. The highest BCUT2D eigenvalue weighted by Crippen LogP contribution is 2.24. The second-order valence-corrected chi connectivity index (χ2v) is 6.97. The first-order valence-electron chi connectivity index (χ1n) is 8.77. The summed E-state index contributed by atoms with van der Waals surface area (Å²) in [5.41, 5.74) is 1.64. The lowest BCUT2D eigenvalue weighted by molar-refractivity contribution is -0.116. The number of carbonyl (C=O) groups excluding carboxylic acids is 3. The summed E-state index contributed by atoms with van der Waals surface area (Å²) >= 11 is 5.86. The van der Waals surface area contributed by atoms with Crippen LogP contribution in [0.1, 0.15) is 32.9 Å². The van der Waals surface area contributed by atoms with E-state index in [-0.39, 0.29) is 22.6 Å². The quantitative estimate of drug-likeness (QED) is 0.521. The number of aryl methyl sites for hydroxylation is 1. The topological polar surface area (TPSA) is 103 Å². The van der Waals surface area contributed by atoms with Crippen molar-refractivity contribution < 1.29 is 23.5 Å². The molecule has 2 heterocycles. The lowest BCUT2D eigenvalue weighted by Gasteiger charge is -2.17. The first-order valence-corrected chi connectivity index (χ1v) is 9.15. The predicted molar refractivity (Wildman–Crippen MR) is 105 cm³/mol. The first kappa shape index (κ1) is 18.9. The number of fused-ring (bicyclic) bond motifs is 2. The summed E-state index contributed by atoms with van der Waals surface area (Å²) < 4.78 is 10.4. The first-order chi connectivity index (χ1) is 13.9. The van der Waals surface area contributed by atoms with Crippen LogP contribution in [0.15, 0.2) is 51.7 Å². The van der Waals surface area contributed by atoms with Gasteiger partial charge in [0.15, 0.2) is 17.8 Å². The highest BCUT2D eigenvalue weighted by atomic mass is 35.5. The number of ether oxygens (including phenoxy) is 1. The molecule has 0 radical (unpaired) electrons. The zero-order valence-electron chi connectivity index (χ0n) is 15.0. The van der Waals surface area contributed by atoms with Gasteiger partial charge in [0.2, 0.25) is 11.7 Å². The van der Waals surface area contributed by atoms with Crippen molar-refractivity contribution in [3.63, 3.8) is 0 Å². The van der Waals surface area contributed by atoms with Crippen LogP contribution in [0.2, 0.25) is 5.02 Å². The molecule has 0 saturated heterocycles. The molecular weight excluding hydrogens is 398 g/mol. The molecule has 1 aliphatic rings. The minimum absolute atomic E-state index is 0.0651. The summed E-state index contributed by atoms with van der Waals surface area (Å²) in [6.07, 6.45) is 0.889. The molecule has 0 bridgehead atoms. The van der Waals surface area contributed by atoms with Crippen molar-refractivity contribution in [2.45, 2.75) is 12.8 Å². The van der Waals surface area contributed by atoms with Gasteiger partial charge in [-0.05, 0) is 48.4 Å². The molecule has 0 saturated carbocycles. The van der Waals surface area contributed by atoms with E-state index in [0.29, 0.717) is 29.1 Å². The van der Waals surface area contributed by atoms with Gasteiger partial charge >= 0.3 is 5.97 Å². The number of nitrogens with one attached hydrogen (secondary N) is 1. The van der Waals surface area contributed by atoms with Gasteiger partial charge in [-0.25, -0.2) is 4.79 Å². The number of halogens is 1. The van der Waals surface area contributed by atoms with E-state index in [1.807, 2.05) is 0 Å². The van der Waals surface area contributed by atoms with Gasteiger partial charge < -0.3 is 14.5 Å². The van der Waals surface area contributed by atoms with Gasteiger partial charge in [0.25, 0.3) is 0 Å². The number of anilines is 1. The second kappa shape index (κ2) is 7.52. The third-order valence-corrected chi connectivity index (χ3v) is 4.78. The number of esters is 1. The molecule has 0 unspecified atom stereocenters. The Labute approximate surface area is 169 Å². The monoisotopic (exact) mass is 411 g/mol. The van der Waals surface area contributed by atoms with Gasteiger partial charge in [-0.2, -0.15) is 0 Å². The van der Waals surface area contributed by atoms with E-state index in [0.717, 1.165) is 11.6 Å². The molecule has 4 rings (SSSR count). The van der Waals surface area contributed by atoms with Crippen molar-refractivity contribution in [3.05, 3.63) is 74.6 Å². The summed E-state index contributed by atoms with van der Waals surface area (Å²) in [5.74, 6) is -1.69. The summed E-state index contributed by atoms with van der Waals surface area (Å²) in [7, 11) is 0. The van der Waals surface area contributed by atoms with Crippen LogP contribution in [0.25, 0.3) is 11.0 Å². The van der Waals surface area contributed by atoms with Gasteiger partial charge in [-0.1, -0.05) is 11.6 Å². The number of benzene rings is 2. The maximum Gasteiger partial charge on any atom is 0.374 e. The van der Waals surface area contributed by atoms with Gasteiger partial charge in [0.05, 0.1) is 5.39 Å². The maximum atomic E-state index is 12.4. The van der Waals surface area contributed by atoms with E-state index in [1.54, 1.807) is 18.2 Å². The summed E-state index contributed by atoms with van der Waals surface area (Å²) in [4.78, 5) is 48.2.